The molecule has 0 radical (unpaired) electrons. The Labute approximate surface area is 117 Å². The molecule has 2 amide bonds. The molecule has 1 fully saturated rings. The van der Waals surface area contributed by atoms with Crippen molar-refractivity contribution in [3.8, 4) is 0 Å². The van der Waals surface area contributed by atoms with Gasteiger partial charge in [-0.25, -0.2) is 9.78 Å². The molecule has 1 atom stereocenters. The van der Waals surface area contributed by atoms with E-state index in [4.69, 9.17) is 5.11 Å². The van der Waals surface area contributed by atoms with E-state index < -0.39 is 5.97 Å². The van der Waals surface area contributed by atoms with Gasteiger partial charge < -0.3 is 19.9 Å². The Balaban J connectivity index is 1.99. The summed E-state index contributed by atoms with van der Waals surface area (Å²) in [6.07, 6.45) is 6.02. The van der Waals surface area contributed by atoms with Gasteiger partial charge >= 0.3 is 12.0 Å². The number of H-pyrrole nitrogens is 1. The minimum atomic E-state index is -0.858. The smallest absolute Gasteiger partial charge is 0.320 e. The van der Waals surface area contributed by atoms with E-state index in [-0.39, 0.29) is 18.5 Å². The summed E-state index contributed by atoms with van der Waals surface area (Å²) in [5.74, 6) is -0.143. The van der Waals surface area contributed by atoms with Crippen molar-refractivity contribution in [2.45, 2.75) is 38.3 Å². The average Bonchev–Trinajstić information content (AvgIpc) is 2.90. The van der Waals surface area contributed by atoms with Gasteiger partial charge in [-0.3, -0.25) is 4.79 Å². The number of urea groups is 1. The van der Waals surface area contributed by atoms with E-state index in [1.165, 1.54) is 0 Å². The lowest BCUT2D eigenvalue weighted by atomic mass is 10.00. The molecule has 20 heavy (non-hydrogen) atoms. The molecule has 7 nitrogen and oxygen atoms in total. The number of carbonyl (C=O) groups is 2. The van der Waals surface area contributed by atoms with Crippen molar-refractivity contribution in [3.63, 3.8) is 0 Å². The molecule has 1 saturated heterocycles. The maximum atomic E-state index is 12.4. The number of amides is 2. The van der Waals surface area contributed by atoms with Crippen LogP contribution in [-0.4, -0.2) is 56.5 Å². The SMILES string of the molecule is CN(Cc1ncc[nH]1)C(=O)N1CCCCC1CC(=O)O. The van der Waals surface area contributed by atoms with Crippen molar-refractivity contribution in [1.82, 2.24) is 19.8 Å². The fourth-order valence-electron chi connectivity index (χ4n) is 2.56. The molecular weight excluding hydrogens is 260 g/mol. The number of aliphatic carboxylic acids is 1. The number of hydrogen-bond donors (Lipinski definition) is 2. The van der Waals surface area contributed by atoms with E-state index >= 15 is 0 Å². The van der Waals surface area contributed by atoms with Crippen LogP contribution in [0.25, 0.3) is 0 Å². The number of nitrogens with zero attached hydrogens (tertiary/aromatic N) is 3. The molecule has 1 aromatic rings. The van der Waals surface area contributed by atoms with Crippen molar-refractivity contribution in [2.75, 3.05) is 13.6 Å². The molecule has 110 valence electrons. The molecule has 0 bridgehead atoms. The maximum Gasteiger partial charge on any atom is 0.320 e. The Bertz CT molecular complexity index is 460. The number of likely N-dealkylation sites (tertiary alicyclic amines) is 1. The summed E-state index contributed by atoms with van der Waals surface area (Å²) in [5.41, 5.74) is 0. The van der Waals surface area contributed by atoms with Gasteiger partial charge in [-0.1, -0.05) is 0 Å². The largest absolute Gasteiger partial charge is 0.481 e. The minimum Gasteiger partial charge on any atom is -0.481 e. The molecule has 0 aromatic carbocycles. The van der Waals surface area contributed by atoms with E-state index in [0.29, 0.717) is 18.9 Å². The van der Waals surface area contributed by atoms with Gasteiger partial charge in [0.2, 0.25) is 0 Å². The summed E-state index contributed by atoms with van der Waals surface area (Å²) in [6, 6.07) is -0.333. The van der Waals surface area contributed by atoms with Crippen LogP contribution >= 0.6 is 0 Å². The maximum absolute atomic E-state index is 12.4. The summed E-state index contributed by atoms with van der Waals surface area (Å²) >= 11 is 0. The molecule has 0 spiro atoms. The van der Waals surface area contributed by atoms with Crippen molar-refractivity contribution in [1.29, 1.82) is 0 Å². The highest BCUT2D eigenvalue weighted by Crippen LogP contribution is 2.21. The van der Waals surface area contributed by atoms with E-state index in [9.17, 15) is 9.59 Å². The number of rotatable bonds is 4. The molecule has 1 aliphatic heterocycles. The third kappa shape index (κ3) is 3.49. The topological polar surface area (TPSA) is 89.5 Å². The normalized spacial score (nSPS) is 18.9. The van der Waals surface area contributed by atoms with Gasteiger partial charge in [0, 0.05) is 32.0 Å². The lowest BCUT2D eigenvalue weighted by Gasteiger charge is -2.37. The Morgan fingerprint density at radius 1 is 1.55 bits per heavy atom. The predicted octanol–water partition coefficient (Wildman–Crippen LogP) is 1.29. The quantitative estimate of drug-likeness (QED) is 0.869. The molecule has 0 aliphatic carbocycles. The number of carboxylic acid groups (broad SMARTS) is 1. The van der Waals surface area contributed by atoms with Crippen LogP contribution < -0.4 is 0 Å². The van der Waals surface area contributed by atoms with E-state index in [0.717, 1.165) is 19.3 Å². The van der Waals surface area contributed by atoms with Crippen molar-refractivity contribution in [3.05, 3.63) is 18.2 Å². The van der Waals surface area contributed by atoms with E-state index in [2.05, 4.69) is 9.97 Å². The van der Waals surface area contributed by atoms with Crippen LogP contribution in [0.15, 0.2) is 12.4 Å². The number of carboxylic acids is 1. The highest BCUT2D eigenvalue weighted by Gasteiger charge is 2.30. The fraction of sp³-hybridized carbons (Fsp3) is 0.615. The lowest BCUT2D eigenvalue weighted by molar-refractivity contribution is -0.138. The second-order valence-corrected chi connectivity index (χ2v) is 5.12. The van der Waals surface area contributed by atoms with Gasteiger partial charge in [-0.2, -0.15) is 0 Å². The lowest BCUT2D eigenvalue weighted by Crippen LogP contribution is -2.49. The number of piperidine rings is 1. The van der Waals surface area contributed by atoms with Crippen LogP contribution in [0.3, 0.4) is 0 Å². The summed E-state index contributed by atoms with van der Waals surface area (Å²) in [6.45, 7) is 1.02. The summed E-state index contributed by atoms with van der Waals surface area (Å²) < 4.78 is 0. The number of hydrogen-bond acceptors (Lipinski definition) is 3. The van der Waals surface area contributed by atoms with E-state index in [1.807, 2.05) is 0 Å². The second kappa shape index (κ2) is 6.40. The molecule has 2 heterocycles. The number of imidazole rings is 1. The highest BCUT2D eigenvalue weighted by atomic mass is 16.4. The summed E-state index contributed by atoms with van der Waals surface area (Å²) in [7, 11) is 1.71. The number of aromatic amines is 1. The fourth-order valence-corrected chi connectivity index (χ4v) is 2.56. The van der Waals surface area contributed by atoms with Gasteiger partial charge in [0.25, 0.3) is 0 Å². The molecule has 2 N–H and O–H groups in total. The molecular formula is C13H20N4O3. The Kier molecular flexibility index (Phi) is 4.60. The van der Waals surface area contributed by atoms with Gasteiger partial charge in [0.15, 0.2) is 0 Å². The Morgan fingerprint density at radius 2 is 2.35 bits per heavy atom. The van der Waals surface area contributed by atoms with Gasteiger partial charge in [-0.15, -0.1) is 0 Å². The van der Waals surface area contributed by atoms with Crippen molar-refractivity contribution < 1.29 is 14.7 Å². The molecule has 1 aromatic heterocycles. The third-order valence-corrected chi connectivity index (χ3v) is 3.55. The van der Waals surface area contributed by atoms with Crippen LogP contribution in [-0.2, 0) is 11.3 Å². The zero-order valence-electron chi connectivity index (χ0n) is 11.6. The highest BCUT2D eigenvalue weighted by molar-refractivity contribution is 5.76. The standard InChI is InChI=1S/C13H20N4O3/c1-16(9-11-14-5-6-15-11)13(20)17-7-3-2-4-10(17)8-12(18)19/h5-6,10H,2-4,7-9H2,1H3,(H,14,15)(H,18,19). The zero-order chi connectivity index (χ0) is 14.5. The molecule has 1 unspecified atom stereocenters. The summed E-state index contributed by atoms with van der Waals surface area (Å²) in [5, 5.41) is 8.94. The Hall–Kier alpha value is -2.05. The van der Waals surface area contributed by atoms with Crippen molar-refractivity contribution >= 4 is 12.0 Å². The van der Waals surface area contributed by atoms with Crippen LogP contribution in [0.4, 0.5) is 4.79 Å². The molecule has 2 rings (SSSR count). The molecule has 0 saturated carbocycles. The predicted molar refractivity (Wildman–Crippen MR) is 72.0 cm³/mol. The number of carbonyl (C=O) groups excluding carboxylic acids is 1. The Morgan fingerprint density at radius 3 is 3.00 bits per heavy atom. The van der Waals surface area contributed by atoms with Crippen LogP contribution in [0.5, 0.6) is 0 Å². The number of aromatic nitrogens is 2. The first-order valence-corrected chi connectivity index (χ1v) is 6.79. The minimum absolute atomic E-state index is 0.0142. The first-order chi connectivity index (χ1) is 9.58. The number of nitrogens with one attached hydrogen (secondary N) is 1. The summed E-state index contributed by atoms with van der Waals surface area (Å²) in [4.78, 5) is 33.6. The van der Waals surface area contributed by atoms with Gasteiger partial charge in [0.1, 0.15) is 5.82 Å². The first kappa shape index (κ1) is 14.4. The van der Waals surface area contributed by atoms with E-state index in [1.54, 1.807) is 29.2 Å². The van der Waals surface area contributed by atoms with Crippen molar-refractivity contribution in [2.24, 2.45) is 0 Å². The van der Waals surface area contributed by atoms with Crippen LogP contribution in [0.1, 0.15) is 31.5 Å². The average molecular weight is 280 g/mol. The molecule has 7 heteroatoms. The van der Waals surface area contributed by atoms with Crippen LogP contribution in [0.2, 0.25) is 0 Å². The third-order valence-electron chi connectivity index (χ3n) is 3.55. The monoisotopic (exact) mass is 280 g/mol. The van der Waals surface area contributed by atoms with Gasteiger partial charge in [0.05, 0.1) is 13.0 Å². The first-order valence-electron chi connectivity index (χ1n) is 6.79. The second-order valence-electron chi connectivity index (χ2n) is 5.12. The van der Waals surface area contributed by atoms with Gasteiger partial charge in [-0.05, 0) is 19.3 Å². The zero-order valence-corrected chi connectivity index (χ0v) is 11.6. The molecule has 1 aliphatic rings. The van der Waals surface area contributed by atoms with Crippen LogP contribution in [0, 0.1) is 0 Å².